The molecule has 0 saturated heterocycles. The molecule has 90 valence electrons. The van der Waals surface area contributed by atoms with Gasteiger partial charge in [0, 0.05) is 5.56 Å². The lowest BCUT2D eigenvalue weighted by Crippen LogP contribution is -2.17. The Balaban J connectivity index is 2.42. The molecule has 0 radical (unpaired) electrons. The third kappa shape index (κ3) is 2.38. The summed E-state index contributed by atoms with van der Waals surface area (Å²) in [4.78, 5) is 0. The Labute approximate surface area is 107 Å². The number of nitrogens with one attached hydrogen (secondary N) is 1. The van der Waals surface area contributed by atoms with E-state index in [4.69, 9.17) is 16.0 Å². The van der Waals surface area contributed by atoms with Crippen LogP contribution >= 0.6 is 11.6 Å². The van der Waals surface area contributed by atoms with Crippen molar-refractivity contribution >= 4 is 11.6 Å². The van der Waals surface area contributed by atoms with Gasteiger partial charge in [-0.3, -0.25) is 0 Å². The molecule has 1 atom stereocenters. The van der Waals surface area contributed by atoms with Crippen molar-refractivity contribution in [2.24, 2.45) is 0 Å². The van der Waals surface area contributed by atoms with Crippen LogP contribution in [-0.4, -0.2) is 7.05 Å². The fraction of sp³-hybridized carbons (Fsp3) is 0.286. The summed E-state index contributed by atoms with van der Waals surface area (Å²) in [6, 6.07) is 8.40. The molecule has 0 fully saturated rings. The van der Waals surface area contributed by atoms with Crippen LogP contribution in [0.1, 0.15) is 28.3 Å². The number of aryl methyl sites for hydroxylation is 2. The molecule has 0 aliphatic rings. The number of halogens is 1. The molecule has 0 amide bonds. The van der Waals surface area contributed by atoms with Gasteiger partial charge in [0.2, 0.25) is 0 Å². The molecule has 17 heavy (non-hydrogen) atoms. The number of furan rings is 1. The van der Waals surface area contributed by atoms with Gasteiger partial charge in [-0.2, -0.15) is 0 Å². The van der Waals surface area contributed by atoms with E-state index in [1.54, 1.807) is 6.26 Å². The van der Waals surface area contributed by atoms with Gasteiger partial charge in [0.1, 0.15) is 0 Å². The van der Waals surface area contributed by atoms with Crippen molar-refractivity contribution in [2.75, 3.05) is 7.05 Å². The lowest BCUT2D eigenvalue weighted by Gasteiger charge is -2.16. The Morgan fingerprint density at radius 3 is 2.47 bits per heavy atom. The molecule has 2 rings (SSSR count). The molecule has 1 unspecified atom stereocenters. The van der Waals surface area contributed by atoms with E-state index in [9.17, 15) is 0 Å². The van der Waals surface area contributed by atoms with Gasteiger partial charge >= 0.3 is 0 Å². The largest absolute Gasteiger partial charge is 0.453 e. The summed E-state index contributed by atoms with van der Waals surface area (Å²) < 4.78 is 5.15. The molecule has 1 heterocycles. The Bertz CT molecular complexity index is 519. The third-order valence-corrected chi connectivity index (χ3v) is 3.42. The molecule has 0 bridgehead atoms. The molecule has 0 aliphatic heterocycles. The van der Waals surface area contributed by atoms with Crippen LogP contribution in [0.4, 0.5) is 0 Å². The second-order valence-corrected chi connectivity index (χ2v) is 4.56. The van der Waals surface area contributed by atoms with E-state index in [1.807, 2.05) is 13.1 Å². The molecular formula is C14H16ClNO. The third-order valence-electron chi connectivity index (χ3n) is 3.11. The maximum Gasteiger partial charge on any atom is 0.198 e. The summed E-state index contributed by atoms with van der Waals surface area (Å²) in [5.74, 6) is 0. The van der Waals surface area contributed by atoms with Gasteiger partial charge in [-0.1, -0.05) is 18.2 Å². The van der Waals surface area contributed by atoms with E-state index in [1.165, 1.54) is 16.7 Å². The van der Waals surface area contributed by atoms with Crippen molar-refractivity contribution in [3.05, 3.63) is 58.0 Å². The van der Waals surface area contributed by atoms with Gasteiger partial charge in [-0.15, -0.1) is 0 Å². The zero-order chi connectivity index (χ0) is 12.4. The van der Waals surface area contributed by atoms with Gasteiger partial charge < -0.3 is 9.73 Å². The van der Waals surface area contributed by atoms with Crippen LogP contribution in [0.25, 0.3) is 0 Å². The zero-order valence-electron chi connectivity index (χ0n) is 10.3. The Kier molecular flexibility index (Phi) is 3.55. The molecule has 0 aliphatic carbocycles. The predicted octanol–water partition coefficient (Wildman–Crippen LogP) is 3.86. The van der Waals surface area contributed by atoms with Crippen LogP contribution in [0.2, 0.25) is 5.22 Å². The van der Waals surface area contributed by atoms with Crippen LogP contribution in [0.15, 0.2) is 34.9 Å². The van der Waals surface area contributed by atoms with E-state index >= 15 is 0 Å². The van der Waals surface area contributed by atoms with Crippen molar-refractivity contribution in [1.29, 1.82) is 0 Å². The van der Waals surface area contributed by atoms with Gasteiger partial charge in [-0.25, -0.2) is 0 Å². The molecule has 1 aromatic carbocycles. The number of benzene rings is 1. The molecule has 0 saturated carbocycles. The molecule has 0 spiro atoms. The molecular weight excluding hydrogens is 234 g/mol. The smallest absolute Gasteiger partial charge is 0.198 e. The molecule has 1 aromatic heterocycles. The Hall–Kier alpha value is -1.25. The number of hydrogen-bond acceptors (Lipinski definition) is 2. The molecule has 2 aromatic rings. The number of hydrogen-bond donors (Lipinski definition) is 1. The normalized spacial score (nSPS) is 12.7. The SMILES string of the molecule is CNC(c1ccc(C)c(C)c1)c1ccoc1Cl. The van der Waals surface area contributed by atoms with Crippen LogP contribution in [0, 0.1) is 13.8 Å². The first-order valence-corrected chi connectivity index (χ1v) is 5.98. The van der Waals surface area contributed by atoms with Crippen LogP contribution in [0.3, 0.4) is 0 Å². The maximum atomic E-state index is 6.03. The lowest BCUT2D eigenvalue weighted by atomic mass is 9.97. The average molecular weight is 250 g/mol. The van der Waals surface area contributed by atoms with Crippen LogP contribution in [-0.2, 0) is 0 Å². The number of rotatable bonds is 3. The lowest BCUT2D eigenvalue weighted by molar-refractivity contribution is 0.559. The summed E-state index contributed by atoms with van der Waals surface area (Å²) in [7, 11) is 1.92. The molecule has 1 N–H and O–H groups in total. The van der Waals surface area contributed by atoms with Gasteiger partial charge in [-0.05, 0) is 55.3 Å². The van der Waals surface area contributed by atoms with Crippen molar-refractivity contribution in [1.82, 2.24) is 5.32 Å². The van der Waals surface area contributed by atoms with Gasteiger partial charge in [0.25, 0.3) is 0 Å². The van der Waals surface area contributed by atoms with Crippen molar-refractivity contribution in [2.45, 2.75) is 19.9 Å². The topological polar surface area (TPSA) is 25.2 Å². The van der Waals surface area contributed by atoms with Gasteiger partial charge in [0.05, 0.1) is 12.3 Å². The highest BCUT2D eigenvalue weighted by Crippen LogP contribution is 2.29. The minimum atomic E-state index is 0.0700. The summed E-state index contributed by atoms with van der Waals surface area (Å²) in [6.07, 6.45) is 1.61. The van der Waals surface area contributed by atoms with E-state index < -0.39 is 0 Å². The highest BCUT2D eigenvalue weighted by atomic mass is 35.5. The van der Waals surface area contributed by atoms with E-state index in [-0.39, 0.29) is 6.04 Å². The van der Waals surface area contributed by atoms with Crippen LogP contribution in [0.5, 0.6) is 0 Å². The fourth-order valence-electron chi connectivity index (χ4n) is 1.96. The minimum Gasteiger partial charge on any atom is -0.453 e. The zero-order valence-corrected chi connectivity index (χ0v) is 11.0. The average Bonchev–Trinajstić information content (AvgIpc) is 2.71. The van der Waals surface area contributed by atoms with E-state index in [0.717, 1.165) is 5.56 Å². The highest BCUT2D eigenvalue weighted by Gasteiger charge is 2.17. The first-order valence-electron chi connectivity index (χ1n) is 5.60. The monoisotopic (exact) mass is 249 g/mol. The minimum absolute atomic E-state index is 0.0700. The van der Waals surface area contributed by atoms with E-state index in [0.29, 0.717) is 5.22 Å². The quantitative estimate of drug-likeness (QED) is 0.894. The summed E-state index contributed by atoms with van der Waals surface area (Å²) in [5, 5.41) is 3.71. The summed E-state index contributed by atoms with van der Waals surface area (Å²) in [5.41, 5.74) is 4.74. The predicted molar refractivity (Wildman–Crippen MR) is 70.5 cm³/mol. The van der Waals surface area contributed by atoms with E-state index in [2.05, 4.69) is 37.4 Å². The Morgan fingerprint density at radius 1 is 1.18 bits per heavy atom. The highest BCUT2D eigenvalue weighted by molar-refractivity contribution is 6.29. The first kappa shape index (κ1) is 12.2. The maximum absolute atomic E-state index is 6.03. The fourth-order valence-corrected chi connectivity index (χ4v) is 2.18. The summed E-state index contributed by atoms with van der Waals surface area (Å²) in [6.45, 7) is 4.22. The molecule has 3 heteroatoms. The van der Waals surface area contributed by atoms with Crippen molar-refractivity contribution < 1.29 is 4.42 Å². The Morgan fingerprint density at radius 2 is 1.94 bits per heavy atom. The standard InChI is InChI=1S/C14H16ClNO/c1-9-4-5-11(8-10(9)2)13(16-3)12-6-7-17-14(12)15/h4-8,13,16H,1-3H3. The molecule has 2 nitrogen and oxygen atoms in total. The van der Waals surface area contributed by atoms with Gasteiger partial charge in [0.15, 0.2) is 5.22 Å². The van der Waals surface area contributed by atoms with Crippen LogP contribution < -0.4 is 5.32 Å². The second kappa shape index (κ2) is 4.94. The van der Waals surface area contributed by atoms with Crippen molar-refractivity contribution in [3.63, 3.8) is 0 Å². The first-order chi connectivity index (χ1) is 8.13. The van der Waals surface area contributed by atoms with Crippen molar-refractivity contribution in [3.8, 4) is 0 Å². The second-order valence-electron chi connectivity index (χ2n) is 4.22. The summed E-state index contributed by atoms with van der Waals surface area (Å²) >= 11 is 6.03.